The fraction of sp³-hybridized carbons (Fsp3) is 0.0769. The molecule has 3 rings (SSSR count). The van der Waals surface area contributed by atoms with Gasteiger partial charge in [0.05, 0.1) is 5.39 Å². The first-order valence-corrected chi connectivity index (χ1v) is 6.84. The third kappa shape index (κ3) is 2.54. The van der Waals surface area contributed by atoms with Crippen LogP contribution < -0.4 is 16.6 Å². The lowest BCUT2D eigenvalue weighted by molar-refractivity contribution is 0.627. The molecule has 3 aromatic rings. The Bertz CT molecular complexity index is 725. The lowest BCUT2D eigenvalue weighted by atomic mass is 10.2. The van der Waals surface area contributed by atoms with Crippen molar-refractivity contribution >= 4 is 33.3 Å². The summed E-state index contributed by atoms with van der Waals surface area (Å²) < 4.78 is 12.9. The number of hydrogen-bond acceptors (Lipinski definition) is 6. The molecule has 4 N–H and O–H groups in total. The first-order chi connectivity index (χ1) is 9.76. The van der Waals surface area contributed by atoms with Crippen molar-refractivity contribution in [3.63, 3.8) is 0 Å². The molecule has 0 aliphatic carbocycles. The van der Waals surface area contributed by atoms with Crippen molar-refractivity contribution < 1.29 is 4.39 Å². The maximum atomic E-state index is 12.9. The highest BCUT2D eigenvalue weighted by molar-refractivity contribution is 7.16. The maximum absolute atomic E-state index is 12.9. The van der Waals surface area contributed by atoms with E-state index in [2.05, 4.69) is 20.7 Å². The van der Waals surface area contributed by atoms with Crippen molar-refractivity contribution in [3.8, 4) is 0 Å². The smallest absolute Gasteiger partial charge is 0.240 e. The summed E-state index contributed by atoms with van der Waals surface area (Å²) in [6.07, 6.45) is 0. The third-order valence-electron chi connectivity index (χ3n) is 2.83. The van der Waals surface area contributed by atoms with Gasteiger partial charge < -0.3 is 5.32 Å². The molecule has 7 heteroatoms. The van der Waals surface area contributed by atoms with Crippen LogP contribution in [-0.2, 0) is 6.54 Å². The number of nitrogens with zero attached hydrogens (tertiary/aromatic N) is 2. The zero-order valence-corrected chi connectivity index (χ0v) is 11.2. The molecule has 0 aliphatic rings. The summed E-state index contributed by atoms with van der Waals surface area (Å²) in [5.41, 5.74) is 3.42. The van der Waals surface area contributed by atoms with Crippen LogP contribution in [0.15, 0.2) is 35.7 Å². The van der Waals surface area contributed by atoms with Crippen LogP contribution in [0.2, 0.25) is 0 Å². The second-order valence-corrected chi connectivity index (χ2v) is 5.05. The maximum Gasteiger partial charge on any atom is 0.240 e. The minimum atomic E-state index is -0.245. The molecular weight excluding hydrogens is 277 g/mol. The van der Waals surface area contributed by atoms with E-state index >= 15 is 0 Å². The van der Waals surface area contributed by atoms with E-state index in [0.717, 1.165) is 15.8 Å². The van der Waals surface area contributed by atoms with Gasteiger partial charge in [-0.1, -0.05) is 12.1 Å². The lowest BCUT2D eigenvalue weighted by Crippen LogP contribution is -2.12. The molecule has 2 heterocycles. The van der Waals surface area contributed by atoms with Crippen LogP contribution in [0.3, 0.4) is 0 Å². The van der Waals surface area contributed by atoms with E-state index < -0.39 is 0 Å². The van der Waals surface area contributed by atoms with Gasteiger partial charge in [0, 0.05) is 6.54 Å². The number of thiophene rings is 1. The monoisotopic (exact) mass is 289 g/mol. The summed E-state index contributed by atoms with van der Waals surface area (Å²) in [5.74, 6) is 6.18. The van der Waals surface area contributed by atoms with Crippen LogP contribution in [0, 0.1) is 5.82 Å². The largest absolute Gasteiger partial charge is 0.365 e. The van der Waals surface area contributed by atoms with Gasteiger partial charge in [-0.3, -0.25) is 5.43 Å². The quantitative estimate of drug-likeness (QED) is 0.508. The number of nitrogens with one attached hydrogen (secondary N) is 2. The number of halogens is 1. The number of aromatic nitrogens is 2. The number of rotatable bonds is 4. The zero-order valence-electron chi connectivity index (χ0n) is 10.4. The Kier molecular flexibility index (Phi) is 3.44. The number of hydrazine groups is 1. The molecule has 0 amide bonds. The van der Waals surface area contributed by atoms with Gasteiger partial charge in [0.1, 0.15) is 16.5 Å². The Morgan fingerprint density at radius 3 is 2.70 bits per heavy atom. The molecular formula is C13H12FN5S. The SMILES string of the molecule is NNc1nc(NCc2ccc(F)cc2)c2ccsc2n1. The van der Waals surface area contributed by atoms with Crippen LogP contribution >= 0.6 is 11.3 Å². The van der Waals surface area contributed by atoms with Crippen molar-refractivity contribution in [1.82, 2.24) is 9.97 Å². The van der Waals surface area contributed by atoms with Crippen molar-refractivity contribution in [2.45, 2.75) is 6.54 Å². The van der Waals surface area contributed by atoms with Gasteiger partial charge in [-0.25, -0.2) is 15.2 Å². The molecule has 1 aromatic carbocycles. The van der Waals surface area contributed by atoms with E-state index in [4.69, 9.17) is 5.84 Å². The number of fused-ring (bicyclic) bond motifs is 1. The van der Waals surface area contributed by atoms with Gasteiger partial charge in [-0.05, 0) is 29.1 Å². The van der Waals surface area contributed by atoms with Gasteiger partial charge >= 0.3 is 0 Å². The second kappa shape index (κ2) is 5.40. The first-order valence-electron chi connectivity index (χ1n) is 5.96. The fourth-order valence-corrected chi connectivity index (χ4v) is 2.61. The molecule has 102 valence electrons. The van der Waals surface area contributed by atoms with Gasteiger partial charge in [0.2, 0.25) is 5.95 Å². The predicted octanol–water partition coefficient (Wildman–Crippen LogP) is 2.73. The highest BCUT2D eigenvalue weighted by Gasteiger charge is 2.08. The summed E-state index contributed by atoms with van der Waals surface area (Å²) in [6, 6.07) is 8.29. The van der Waals surface area contributed by atoms with Gasteiger partial charge in [0.15, 0.2) is 0 Å². The molecule has 2 aromatic heterocycles. The van der Waals surface area contributed by atoms with Crippen molar-refractivity contribution in [1.29, 1.82) is 0 Å². The highest BCUT2D eigenvalue weighted by Crippen LogP contribution is 2.26. The zero-order chi connectivity index (χ0) is 13.9. The molecule has 5 nitrogen and oxygen atoms in total. The summed E-state index contributed by atoms with van der Waals surface area (Å²) in [4.78, 5) is 9.42. The minimum Gasteiger partial charge on any atom is -0.365 e. The van der Waals surface area contributed by atoms with Gasteiger partial charge in [-0.2, -0.15) is 4.98 Å². The Balaban J connectivity index is 1.86. The van der Waals surface area contributed by atoms with Crippen LogP contribution in [0.5, 0.6) is 0 Å². The summed E-state index contributed by atoms with van der Waals surface area (Å²) in [5, 5.41) is 6.11. The Morgan fingerprint density at radius 2 is 1.95 bits per heavy atom. The molecule has 0 fully saturated rings. The van der Waals surface area contributed by atoms with E-state index in [1.54, 1.807) is 12.1 Å². The van der Waals surface area contributed by atoms with Crippen LogP contribution in [0.1, 0.15) is 5.56 Å². The molecule has 0 spiro atoms. The van der Waals surface area contributed by atoms with E-state index in [1.165, 1.54) is 23.5 Å². The number of hydrogen-bond donors (Lipinski definition) is 3. The van der Waals surface area contributed by atoms with Crippen molar-refractivity contribution in [2.75, 3.05) is 10.7 Å². The molecule has 0 radical (unpaired) electrons. The molecule has 0 saturated carbocycles. The summed E-state index contributed by atoms with van der Waals surface area (Å²) >= 11 is 1.52. The fourth-order valence-electron chi connectivity index (χ4n) is 1.84. The molecule has 0 saturated heterocycles. The average molecular weight is 289 g/mol. The number of nitrogens with two attached hydrogens (primary N) is 1. The third-order valence-corrected chi connectivity index (χ3v) is 3.63. The average Bonchev–Trinajstić information content (AvgIpc) is 2.94. The Hall–Kier alpha value is -2.25. The Morgan fingerprint density at radius 1 is 1.15 bits per heavy atom. The lowest BCUT2D eigenvalue weighted by Gasteiger charge is -2.08. The predicted molar refractivity (Wildman–Crippen MR) is 79.0 cm³/mol. The van der Waals surface area contributed by atoms with Crippen LogP contribution in [-0.4, -0.2) is 9.97 Å². The molecule has 0 atom stereocenters. The van der Waals surface area contributed by atoms with E-state index in [0.29, 0.717) is 18.3 Å². The van der Waals surface area contributed by atoms with Crippen molar-refractivity contribution in [3.05, 3.63) is 47.1 Å². The van der Waals surface area contributed by atoms with Gasteiger partial charge in [0.25, 0.3) is 0 Å². The molecule has 0 bridgehead atoms. The number of nitrogen functional groups attached to an aromatic ring is 1. The Labute approximate surface area is 118 Å². The molecule has 0 aliphatic heterocycles. The minimum absolute atomic E-state index is 0.245. The summed E-state index contributed by atoms with van der Waals surface area (Å²) in [6.45, 7) is 0.548. The normalized spacial score (nSPS) is 10.7. The van der Waals surface area contributed by atoms with E-state index in [9.17, 15) is 4.39 Å². The van der Waals surface area contributed by atoms with Crippen LogP contribution in [0.25, 0.3) is 10.2 Å². The highest BCUT2D eigenvalue weighted by atomic mass is 32.1. The van der Waals surface area contributed by atoms with E-state index in [1.807, 2.05) is 11.4 Å². The standard InChI is InChI=1S/C13H12FN5S/c14-9-3-1-8(2-4-9)7-16-11-10-5-6-20-12(10)18-13(17-11)19-15/h1-6H,7,15H2,(H2,16,17,18,19). The molecule has 20 heavy (non-hydrogen) atoms. The second-order valence-electron chi connectivity index (χ2n) is 4.16. The first kappa shape index (κ1) is 12.8. The van der Waals surface area contributed by atoms with Crippen molar-refractivity contribution in [2.24, 2.45) is 5.84 Å². The topological polar surface area (TPSA) is 75.9 Å². The van der Waals surface area contributed by atoms with Crippen LogP contribution in [0.4, 0.5) is 16.2 Å². The number of benzene rings is 1. The molecule has 0 unspecified atom stereocenters. The van der Waals surface area contributed by atoms with E-state index in [-0.39, 0.29) is 5.82 Å². The number of anilines is 2. The summed E-state index contributed by atoms with van der Waals surface area (Å²) in [7, 11) is 0. The van der Waals surface area contributed by atoms with Gasteiger partial charge in [-0.15, -0.1) is 11.3 Å².